The van der Waals surface area contributed by atoms with Crippen LogP contribution in [0, 0.1) is 23.5 Å². The zero-order chi connectivity index (χ0) is 28.6. The first kappa shape index (κ1) is 27.6. The Morgan fingerprint density at radius 3 is 2.33 bits per heavy atom. The number of amides is 1. The van der Waals surface area contributed by atoms with E-state index < -0.39 is 28.9 Å². The van der Waals surface area contributed by atoms with Crippen LogP contribution in [0.25, 0.3) is 10.9 Å². The van der Waals surface area contributed by atoms with E-state index in [4.69, 9.17) is 19.9 Å². The Balaban J connectivity index is 1.85. The molecule has 0 saturated carbocycles. The normalized spacial score (nSPS) is 15.2. The molecular formula is C27H29F2N5O5. The van der Waals surface area contributed by atoms with Crippen molar-refractivity contribution in [3.8, 4) is 23.3 Å². The number of benzene rings is 1. The van der Waals surface area contributed by atoms with Crippen molar-refractivity contribution in [2.75, 3.05) is 33.0 Å². The van der Waals surface area contributed by atoms with Crippen LogP contribution in [0.2, 0.25) is 0 Å². The minimum atomic E-state index is -1.01. The molecule has 10 nitrogen and oxygen atoms in total. The van der Waals surface area contributed by atoms with Gasteiger partial charge in [-0.15, -0.1) is 0 Å². The van der Waals surface area contributed by atoms with Gasteiger partial charge < -0.3 is 24.8 Å². The minimum Gasteiger partial charge on any atom is -0.493 e. The van der Waals surface area contributed by atoms with Crippen LogP contribution in [0.15, 0.2) is 12.3 Å². The molecule has 1 atom stereocenters. The van der Waals surface area contributed by atoms with Gasteiger partial charge in [-0.2, -0.15) is 5.10 Å². The Hall–Kier alpha value is -4.40. The Morgan fingerprint density at radius 1 is 1.13 bits per heavy atom. The van der Waals surface area contributed by atoms with Crippen LogP contribution in [-0.4, -0.2) is 64.5 Å². The molecule has 1 saturated heterocycles. The highest BCUT2D eigenvalue weighted by Crippen LogP contribution is 2.34. The maximum atomic E-state index is 14.9. The summed E-state index contributed by atoms with van der Waals surface area (Å²) in [6.07, 6.45) is 1.40. The van der Waals surface area contributed by atoms with Gasteiger partial charge in [-0.3, -0.25) is 9.48 Å². The van der Waals surface area contributed by atoms with Crippen molar-refractivity contribution in [1.29, 1.82) is 0 Å². The number of methoxy groups -OCH3 is 2. The third-order valence-corrected chi connectivity index (χ3v) is 6.17. The van der Waals surface area contributed by atoms with Crippen molar-refractivity contribution in [3.05, 3.63) is 40.7 Å². The van der Waals surface area contributed by atoms with E-state index in [1.165, 1.54) is 27.3 Å². The predicted molar refractivity (Wildman–Crippen MR) is 139 cm³/mol. The lowest BCUT2D eigenvalue weighted by Crippen LogP contribution is -2.35. The SMILES string of the molecule is COc1cc(OC)c(F)c(C#Cc2nn([C@H]3CCN(C(=O)OC(C)(C)C)C3)c3c(C(C)=O)cnc(N)c23)c1F. The van der Waals surface area contributed by atoms with Crippen molar-refractivity contribution in [3.63, 3.8) is 0 Å². The average Bonchev–Trinajstić information content (AvgIpc) is 3.49. The number of halogens is 2. The van der Waals surface area contributed by atoms with Crippen molar-refractivity contribution in [2.24, 2.45) is 0 Å². The van der Waals surface area contributed by atoms with Gasteiger partial charge in [0.1, 0.15) is 22.7 Å². The molecule has 1 amide bonds. The molecule has 1 aromatic carbocycles. The van der Waals surface area contributed by atoms with Crippen LogP contribution in [-0.2, 0) is 4.74 Å². The number of likely N-dealkylation sites (tertiary alicyclic amines) is 1. The van der Waals surface area contributed by atoms with Crippen molar-refractivity contribution in [2.45, 2.75) is 45.8 Å². The van der Waals surface area contributed by atoms with Crippen LogP contribution in [0.1, 0.15) is 61.8 Å². The molecule has 1 fully saturated rings. The van der Waals surface area contributed by atoms with Gasteiger partial charge in [0.2, 0.25) is 0 Å². The number of nitrogen functional groups attached to an aromatic ring is 1. The summed E-state index contributed by atoms with van der Waals surface area (Å²) in [5, 5.41) is 4.85. The number of nitrogens with two attached hydrogens (primary N) is 1. The lowest BCUT2D eigenvalue weighted by atomic mass is 10.1. The highest BCUT2D eigenvalue weighted by atomic mass is 19.1. The second-order valence-corrected chi connectivity index (χ2v) is 10.0. The first-order valence-electron chi connectivity index (χ1n) is 12.1. The standard InChI is InChI=1S/C27H29F2N5O5/c1-14(35)17-12-31-25(30)21-18(8-7-16-22(28)19(37-5)11-20(38-6)23(16)29)32-34(24(17)21)15-9-10-33(13-15)26(36)39-27(2,3)4/h11-12,15H,9-10,13H2,1-6H3,(H2,30,31)/t15-/m0/s1. The quantitative estimate of drug-likeness (QED) is 0.387. The van der Waals surface area contributed by atoms with Crippen LogP contribution in [0.3, 0.4) is 0 Å². The molecule has 3 heterocycles. The molecule has 39 heavy (non-hydrogen) atoms. The lowest BCUT2D eigenvalue weighted by Gasteiger charge is -2.24. The van der Waals surface area contributed by atoms with Crippen LogP contribution in [0.4, 0.5) is 19.4 Å². The molecule has 12 heteroatoms. The summed E-state index contributed by atoms with van der Waals surface area (Å²) in [7, 11) is 2.47. The number of carbonyl (C=O) groups is 2. The number of ether oxygens (including phenoxy) is 3. The summed E-state index contributed by atoms with van der Waals surface area (Å²) in [5.74, 6) is 2.42. The number of hydrogen-bond acceptors (Lipinski definition) is 8. The Bertz CT molecular complexity index is 1510. The topological polar surface area (TPSA) is 122 Å². The Kier molecular flexibility index (Phi) is 7.37. The summed E-state index contributed by atoms with van der Waals surface area (Å²) < 4.78 is 46.9. The maximum absolute atomic E-state index is 14.9. The molecule has 206 valence electrons. The van der Waals surface area contributed by atoms with E-state index >= 15 is 0 Å². The van der Waals surface area contributed by atoms with Crippen LogP contribution >= 0.6 is 0 Å². The third-order valence-electron chi connectivity index (χ3n) is 6.17. The number of anilines is 1. The fourth-order valence-corrected chi connectivity index (χ4v) is 4.36. The molecule has 4 rings (SSSR count). The van der Waals surface area contributed by atoms with Gasteiger partial charge in [0.15, 0.2) is 28.9 Å². The maximum Gasteiger partial charge on any atom is 0.410 e. The summed E-state index contributed by atoms with van der Waals surface area (Å²) in [6, 6.07) is 0.734. The number of ketones is 1. The predicted octanol–water partition coefficient (Wildman–Crippen LogP) is 4.09. The van der Waals surface area contributed by atoms with Crippen molar-refractivity contribution >= 4 is 28.6 Å². The second kappa shape index (κ2) is 10.4. The highest BCUT2D eigenvalue weighted by Gasteiger charge is 2.33. The number of pyridine rings is 1. The van der Waals surface area contributed by atoms with E-state index in [0.29, 0.717) is 18.5 Å². The van der Waals surface area contributed by atoms with Crippen molar-refractivity contribution < 1.29 is 32.6 Å². The number of rotatable bonds is 4. The van der Waals surface area contributed by atoms with Gasteiger partial charge in [0.25, 0.3) is 0 Å². The largest absolute Gasteiger partial charge is 0.493 e. The molecule has 1 aliphatic heterocycles. The van der Waals surface area contributed by atoms with Gasteiger partial charge in [0, 0.05) is 25.4 Å². The number of hydrogen-bond donors (Lipinski definition) is 1. The first-order chi connectivity index (χ1) is 18.4. The summed E-state index contributed by atoms with van der Waals surface area (Å²) >= 11 is 0. The van der Waals surface area contributed by atoms with Gasteiger partial charge in [0.05, 0.1) is 36.7 Å². The summed E-state index contributed by atoms with van der Waals surface area (Å²) in [4.78, 5) is 30.8. The third kappa shape index (κ3) is 5.30. The molecule has 2 aromatic heterocycles. The van der Waals surface area contributed by atoms with E-state index in [0.717, 1.165) is 6.07 Å². The fraction of sp³-hybridized carbons (Fsp3) is 0.407. The van der Waals surface area contributed by atoms with E-state index in [1.54, 1.807) is 30.4 Å². The van der Waals surface area contributed by atoms with Crippen LogP contribution < -0.4 is 15.2 Å². The van der Waals surface area contributed by atoms with Gasteiger partial charge in [-0.1, -0.05) is 5.92 Å². The molecule has 2 N–H and O–H groups in total. The number of carbonyl (C=O) groups excluding carboxylic acids is 2. The molecule has 0 radical (unpaired) electrons. The number of aromatic nitrogens is 3. The van der Waals surface area contributed by atoms with Crippen molar-refractivity contribution in [1.82, 2.24) is 19.7 Å². The fourth-order valence-electron chi connectivity index (χ4n) is 4.36. The van der Waals surface area contributed by atoms with E-state index in [2.05, 4.69) is 21.9 Å². The zero-order valence-electron chi connectivity index (χ0n) is 22.5. The monoisotopic (exact) mass is 541 g/mol. The highest BCUT2D eigenvalue weighted by molar-refractivity contribution is 6.09. The Morgan fingerprint density at radius 2 is 1.77 bits per heavy atom. The zero-order valence-corrected chi connectivity index (χ0v) is 22.5. The summed E-state index contributed by atoms with van der Waals surface area (Å²) in [5.41, 5.74) is 5.63. The van der Waals surface area contributed by atoms with Crippen LogP contribution in [0.5, 0.6) is 11.5 Å². The number of Topliss-reactive ketones (excluding diaryl/α,β-unsaturated/α-hetero) is 1. The molecule has 1 aliphatic rings. The second-order valence-electron chi connectivity index (χ2n) is 10.0. The first-order valence-corrected chi connectivity index (χ1v) is 12.1. The van der Waals surface area contributed by atoms with E-state index in [1.807, 2.05) is 0 Å². The average molecular weight is 542 g/mol. The number of fused-ring (bicyclic) bond motifs is 1. The lowest BCUT2D eigenvalue weighted by molar-refractivity contribution is 0.0288. The molecule has 0 bridgehead atoms. The minimum absolute atomic E-state index is 0.0386. The molecular weight excluding hydrogens is 512 g/mol. The van der Waals surface area contributed by atoms with E-state index in [-0.39, 0.29) is 52.3 Å². The van der Waals surface area contributed by atoms with Gasteiger partial charge >= 0.3 is 6.09 Å². The van der Waals surface area contributed by atoms with E-state index in [9.17, 15) is 18.4 Å². The van der Waals surface area contributed by atoms with Gasteiger partial charge in [-0.05, 0) is 40.0 Å². The summed E-state index contributed by atoms with van der Waals surface area (Å²) in [6.45, 7) is 7.38. The number of nitrogens with zero attached hydrogens (tertiary/aromatic N) is 4. The molecule has 0 spiro atoms. The molecule has 0 aliphatic carbocycles. The smallest absolute Gasteiger partial charge is 0.410 e. The van der Waals surface area contributed by atoms with Gasteiger partial charge in [-0.25, -0.2) is 18.6 Å². The molecule has 0 unspecified atom stereocenters. The molecule has 3 aromatic rings. The Labute approximate surface area is 224 Å².